The second-order valence-electron chi connectivity index (χ2n) is 7.16. The van der Waals surface area contributed by atoms with Gasteiger partial charge in [-0.2, -0.15) is 18.2 Å². The summed E-state index contributed by atoms with van der Waals surface area (Å²) in [5.41, 5.74) is -0.447. The lowest BCUT2D eigenvalue weighted by atomic mass is 10.2. The second-order valence-corrected chi connectivity index (χ2v) is 7.16. The Kier molecular flexibility index (Phi) is 8.74. The van der Waals surface area contributed by atoms with Crippen molar-refractivity contribution in [1.29, 1.82) is 0 Å². The number of halogens is 3. The summed E-state index contributed by atoms with van der Waals surface area (Å²) in [6.45, 7) is 6.35. The van der Waals surface area contributed by atoms with Crippen molar-refractivity contribution in [2.24, 2.45) is 0 Å². The highest BCUT2D eigenvalue weighted by atomic mass is 19.4. The summed E-state index contributed by atoms with van der Waals surface area (Å²) in [5.74, 6) is 0.212. The number of unbranched alkanes of at least 4 members (excludes halogenated alkanes) is 3. The molecule has 5 nitrogen and oxygen atoms in total. The van der Waals surface area contributed by atoms with Crippen LogP contribution in [0.25, 0.3) is 0 Å². The van der Waals surface area contributed by atoms with Crippen LogP contribution in [0.1, 0.15) is 58.4 Å². The van der Waals surface area contributed by atoms with E-state index in [4.69, 9.17) is 9.47 Å². The summed E-state index contributed by atoms with van der Waals surface area (Å²) >= 11 is 0. The minimum absolute atomic E-state index is 0.0679. The van der Waals surface area contributed by atoms with Crippen LogP contribution in [0.5, 0.6) is 11.8 Å². The molecule has 0 amide bonds. The van der Waals surface area contributed by atoms with Crippen LogP contribution in [-0.4, -0.2) is 29.7 Å². The highest BCUT2D eigenvalue weighted by molar-refractivity contribution is 5.68. The normalized spacial score (nSPS) is 12.5. The molecule has 0 aliphatic carbocycles. The molecule has 0 aliphatic rings. The molecular weight excluding hydrogens is 395 g/mol. The molecule has 1 aromatic heterocycles. The fourth-order valence-corrected chi connectivity index (χ4v) is 2.82. The monoisotopic (exact) mass is 425 g/mol. The molecule has 1 heterocycles. The first-order valence-electron chi connectivity index (χ1n) is 10.3. The lowest BCUT2D eigenvalue weighted by Gasteiger charge is -2.25. The van der Waals surface area contributed by atoms with Crippen molar-refractivity contribution >= 4 is 11.5 Å². The number of benzene rings is 1. The smallest absolute Gasteiger partial charge is 0.421 e. The number of alkyl halides is 3. The van der Waals surface area contributed by atoms with E-state index in [9.17, 15) is 13.2 Å². The number of aromatic nitrogens is 2. The van der Waals surface area contributed by atoms with E-state index >= 15 is 0 Å². The fraction of sp³-hybridized carbons (Fsp3) is 0.545. The van der Waals surface area contributed by atoms with Crippen LogP contribution in [0.15, 0.2) is 30.5 Å². The molecule has 0 aliphatic heterocycles. The van der Waals surface area contributed by atoms with E-state index in [1.807, 2.05) is 13.8 Å². The van der Waals surface area contributed by atoms with Gasteiger partial charge in [-0.3, -0.25) is 0 Å². The summed E-state index contributed by atoms with van der Waals surface area (Å²) in [6, 6.07) is 6.89. The van der Waals surface area contributed by atoms with Gasteiger partial charge in [-0.15, -0.1) is 0 Å². The summed E-state index contributed by atoms with van der Waals surface area (Å²) in [5, 5.41) is 0. The third-order valence-corrected chi connectivity index (χ3v) is 4.73. The van der Waals surface area contributed by atoms with Gasteiger partial charge in [0.1, 0.15) is 11.3 Å². The van der Waals surface area contributed by atoms with Crippen LogP contribution < -0.4 is 14.4 Å². The largest absolute Gasteiger partial charge is 0.489 e. The van der Waals surface area contributed by atoms with Crippen molar-refractivity contribution in [3.63, 3.8) is 0 Å². The van der Waals surface area contributed by atoms with Crippen LogP contribution in [0.3, 0.4) is 0 Å². The highest BCUT2D eigenvalue weighted by Gasteiger charge is 2.37. The Morgan fingerprint density at radius 3 is 2.50 bits per heavy atom. The molecule has 0 fully saturated rings. The molecule has 0 radical (unpaired) electrons. The van der Waals surface area contributed by atoms with Gasteiger partial charge in [0.05, 0.1) is 18.4 Å². The van der Waals surface area contributed by atoms with Gasteiger partial charge in [-0.25, -0.2) is 4.98 Å². The maximum absolute atomic E-state index is 13.6. The molecule has 1 unspecified atom stereocenters. The average Bonchev–Trinajstić information content (AvgIpc) is 2.72. The summed E-state index contributed by atoms with van der Waals surface area (Å²) in [7, 11) is 1.53. The van der Waals surface area contributed by atoms with Crippen molar-refractivity contribution in [2.45, 2.75) is 65.2 Å². The Morgan fingerprint density at radius 2 is 1.83 bits per heavy atom. The van der Waals surface area contributed by atoms with E-state index < -0.39 is 11.7 Å². The predicted octanol–water partition coefficient (Wildman–Crippen LogP) is 6.40. The molecule has 166 valence electrons. The van der Waals surface area contributed by atoms with E-state index in [1.165, 1.54) is 11.9 Å². The van der Waals surface area contributed by atoms with E-state index in [1.54, 1.807) is 24.3 Å². The van der Waals surface area contributed by atoms with E-state index in [0.29, 0.717) is 18.0 Å². The summed E-state index contributed by atoms with van der Waals surface area (Å²) < 4.78 is 52.3. The standard InChI is InChI=1S/C22H30F3N3O2/c1-5-7-8-11-14-29-21-26-15-17(22(23,24)25)20(27-21)28(4)18-12-9-10-13-19(18)30-16(3)6-2/h9-10,12-13,15-16H,5-8,11,14H2,1-4H3. The van der Waals surface area contributed by atoms with E-state index in [0.717, 1.165) is 38.3 Å². The third-order valence-electron chi connectivity index (χ3n) is 4.73. The summed E-state index contributed by atoms with van der Waals surface area (Å²) in [6.07, 6.45) is 0.833. The zero-order valence-electron chi connectivity index (χ0n) is 18.0. The zero-order chi connectivity index (χ0) is 22.1. The topological polar surface area (TPSA) is 47.5 Å². The highest BCUT2D eigenvalue weighted by Crippen LogP contribution is 2.40. The Morgan fingerprint density at radius 1 is 1.10 bits per heavy atom. The molecular formula is C22H30F3N3O2. The molecule has 2 aromatic rings. The van der Waals surface area contributed by atoms with Gasteiger partial charge in [0, 0.05) is 13.2 Å². The lowest BCUT2D eigenvalue weighted by molar-refractivity contribution is -0.137. The molecule has 8 heteroatoms. The molecule has 0 bridgehead atoms. The molecule has 0 spiro atoms. The van der Waals surface area contributed by atoms with Crippen LogP contribution >= 0.6 is 0 Å². The van der Waals surface area contributed by atoms with Gasteiger partial charge in [-0.05, 0) is 31.9 Å². The van der Waals surface area contributed by atoms with Crippen molar-refractivity contribution in [1.82, 2.24) is 9.97 Å². The number of para-hydroxylation sites is 2. The number of ether oxygens (including phenoxy) is 2. The SMILES string of the molecule is CCCCCCOc1ncc(C(F)(F)F)c(N(C)c2ccccc2OC(C)CC)n1. The first-order chi connectivity index (χ1) is 14.3. The first kappa shape index (κ1) is 23.8. The fourth-order valence-electron chi connectivity index (χ4n) is 2.82. The Balaban J connectivity index is 2.34. The molecule has 1 aromatic carbocycles. The number of rotatable bonds is 11. The molecule has 1 atom stereocenters. The van der Waals surface area contributed by atoms with Crippen LogP contribution in [0.2, 0.25) is 0 Å². The first-order valence-corrected chi connectivity index (χ1v) is 10.3. The van der Waals surface area contributed by atoms with Crippen molar-refractivity contribution in [3.05, 3.63) is 36.0 Å². The molecule has 30 heavy (non-hydrogen) atoms. The van der Waals surface area contributed by atoms with Crippen LogP contribution in [0.4, 0.5) is 24.7 Å². The minimum Gasteiger partial charge on any atom is -0.489 e. The van der Waals surface area contributed by atoms with E-state index in [2.05, 4.69) is 16.9 Å². The number of nitrogens with zero attached hydrogens (tertiary/aromatic N) is 3. The van der Waals surface area contributed by atoms with Gasteiger partial charge >= 0.3 is 12.2 Å². The van der Waals surface area contributed by atoms with Crippen LogP contribution in [0, 0.1) is 0 Å². The third kappa shape index (κ3) is 6.50. The Bertz CT molecular complexity index is 799. The molecule has 0 N–H and O–H groups in total. The molecule has 2 rings (SSSR count). The van der Waals surface area contributed by atoms with Crippen LogP contribution in [-0.2, 0) is 6.18 Å². The number of anilines is 2. The van der Waals surface area contributed by atoms with Gasteiger partial charge in [-0.1, -0.05) is 45.2 Å². The minimum atomic E-state index is -4.60. The van der Waals surface area contributed by atoms with E-state index in [-0.39, 0.29) is 17.9 Å². The summed E-state index contributed by atoms with van der Waals surface area (Å²) in [4.78, 5) is 9.23. The molecule has 0 saturated heterocycles. The average molecular weight is 425 g/mol. The maximum Gasteiger partial charge on any atom is 0.421 e. The maximum atomic E-state index is 13.6. The quantitative estimate of drug-likeness (QED) is 0.390. The number of hydrogen-bond donors (Lipinski definition) is 0. The molecule has 0 saturated carbocycles. The Hall–Kier alpha value is -2.51. The predicted molar refractivity (Wildman–Crippen MR) is 112 cm³/mol. The lowest BCUT2D eigenvalue weighted by Crippen LogP contribution is -2.21. The number of hydrogen-bond acceptors (Lipinski definition) is 5. The van der Waals surface area contributed by atoms with Crippen molar-refractivity contribution in [2.75, 3.05) is 18.6 Å². The second kappa shape index (κ2) is 11.0. The van der Waals surface area contributed by atoms with Gasteiger partial charge in [0.25, 0.3) is 0 Å². The van der Waals surface area contributed by atoms with Gasteiger partial charge in [0.15, 0.2) is 5.82 Å². The van der Waals surface area contributed by atoms with Crippen molar-refractivity contribution < 1.29 is 22.6 Å². The van der Waals surface area contributed by atoms with Gasteiger partial charge in [0.2, 0.25) is 0 Å². The van der Waals surface area contributed by atoms with Crippen molar-refractivity contribution in [3.8, 4) is 11.8 Å². The van der Waals surface area contributed by atoms with Gasteiger partial charge < -0.3 is 14.4 Å². The zero-order valence-corrected chi connectivity index (χ0v) is 18.0. The Labute approximate surface area is 176 Å².